The number of unbranched alkanes of at least 4 members (excludes halogenated alkanes) is 1. The Balaban J connectivity index is 1.54. The van der Waals surface area contributed by atoms with Crippen molar-refractivity contribution >= 4 is 39.1 Å². The molecule has 1 aliphatic heterocycles. The van der Waals surface area contributed by atoms with Crippen LogP contribution in [-0.4, -0.2) is 50.7 Å². The number of benzene rings is 2. The molecule has 1 spiro atoms. The summed E-state index contributed by atoms with van der Waals surface area (Å²) in [7, 11) is -3.83. The highest BCUT2D eigenvalue weighted by Crippen LogP contribution is 2.48. The normalized spacial score (nSPS) is 23.5. The number of halogens is 1. The van der Waals surface area contributed by atoms with Crippen LogP contribution in [0.15, 0.2) is 36.4 Å². The van der Waals surface area contributed by atoms with E-state index < -0.39 is 26.7 Å². The molecule has 2 aromatic rings. The third-order valence-electron chi connectivity index (χ3n) is 10.2. The fourth-order valence-corrected chi connectivity index (χ4v) is 8.36. The van der Waals surface area contributed by atoms with E-state index in [1.807, 2.05) is 12.1 Å². The summed E-state index contributed by atoms with van der Waals surface area (Å²) in [6.45, 7) is 8.24. The van der Waals surface area contributed by atoms with Crippen LogP contribution in [0.4, 0.5) is 5.69 Å². The minimum Gasteiger partial charge on any atom is -0.490 e. The average molecular weight is 669 g/mol. The number of ether oxygens (including phenoxy) is 1. The van der Waals surface area contributed by atoms with Gasteiger partial charge in [-0.05, 0) is 106 Å². The molecule has 2 aromatic carbocycles. The number of amides is 2. The summed E-state index contributed by atoms with van der Waals surface area (Å²) in [6, 6.07) is 13.7. The summed E-state index contributed by atoms with van der Waals surface area (Å²) in [5.74, 6) is -0.199. The number of hydrogen-bond donors (Lipinski definition) is 2. The van der Waals surface area contributed by atoms with Gasteiger partial charge in [-0.25, -0.2) is 13.1 Å². The predicted octanol–water partition coefficient (Wildman–Crippen LogP) is 5.90. The molecule has 0 saturated heterocycles. The third-order valence-corrected chi connectivity index (χ3v) is 12.1. The van der Waals surface area contributed by atoms with E-state index in [1.54, 1.807) is 18.2 Å². The van der Waals surface area contributed by atoms with Gasteiger partial charge in [0.25, 0.3) is 5.91 Å². The second-order valence-corrected chi connectivity index (χ2v) is 16.3. The molecule has 2 N–H and O–H groups in total. The number of sulfonamides is 1. The van der Waals surface area contributed by atoms with Gasteiger partial charge in [0.1, 0.15) is 11.3 Å². The fraction of sp³-hybridized carbons (Fsp3) is 0.571. The largest absolute Gasteiger partial charge is 0.490 e. The molecular weight excluding hydrogens is 624 g/mol. The molecule has 0 bridgehead atoms. The molecule has 1 fully saturated rings. The maximum atomic E-state index is 13.2. The zero-order valence-electron chi connectivity index (χ0n) is 27.2. The quantitative estimate of drug-likeness (QED) is 0.323. The van der Waals surface area contributed by atoms with Crippen LogP contribution in [0.2, 0.25) is 5.02 Å². The number of nitrogens with zero attached hydrogens (tertiary/aromatic N) is 2. The number of hydrogen-bond acceptors (Lipinski definition) is 7. The predicted molar refractivity (Wildman–Crippen MR) is 180 cm³/mol. The van der Waals surface area contributed by atoms with Crippen LogP contribution >= 0.6 is 11.6 Å². The first-order valence-electron chi connectivity index (χ1n) is 16.4. The number of carbonyl (C=O) groups excluding carboxylic acids is 2. The molecule has 1 saturated carbocycles. The second kappa shape index (κ2) is 13.4. The Morgan fingerprint density at radius 3 is 2.65 bits per heavy atom. The van der Waals surface area contributed by atoms with Gasteiger partial charge in [0, 0.05) is 36.0 Å². The van der Waals surface area contributed by atoms with Crippen molar-refractivity contribution in [2.75, 3.05) is 24.6 Å². The lowest BCUT2D eigenvalue weighted by molar-refractivity contribution is -0.121. The van der Waals surface area contributed by atoms with Gasteiger partial charge in [0.2, 0.25) is 15.9 Å². The van der Waals surface area contributed by atoms with Crippen molar-refractivity contribution in [3.63, 3.8) is 0 Å². The van der Waals surface area contributed by atoms with Crippen molar-refractivity contribution < 1.29 is 22.7 Å². The summed E-state index contributed by atoms with van der Waals surface area (Å²) in [5.41, 5.74) is 2.07. The minimum absolute atomic E-state index is 0.0309. The van der Waals surface area contributed by atoms with Gasteiger partial charge >= 0.3 is 0 Å². The molecule has 9 nitrogen and oxygen atoms in total. The molecule has 248 valence electrons. The van der Waals surface area contributed by atoms with Crippen LogP contribution in [0.3, 0.4) is 0 Å². The van der Waals surface area contributed by atoms with E-state index in [1.165, 1.54) is 31.9 Å². The lowest BCUT2D eigenvalue weighted by Crippen LogP contribution is -2.59. The number of anilines is 1. The van der Waals surface area contributed by atoms with E-state index >= 15 is 0 Å². The van der Waals surface area contributed by atoms with E-state index in [2.05, 4.69) is 34.0 Å². The number of nitrogens with one attached hydrogen (secondary N) is 2. The molecule has 0 aromatic heterocycles. The van der Waals surface area contributed by atoms with Crippen LogP contribution < -0.4 is 19.7 Å². The molecule has 4 atom stereocenters. The number of nitriles is 1. The number of aryl methyl sites for hydroxylation is 1. The molecule has 0 unspecified atom stereocenters. The van der Waals surface area contributed by atoms with Crippen molar-refractivity contribution in [1.82, 2.24) is 10.0 Å². The number of rotatable bonds is 10. The summed E-state index contributed by atoms with van der Waals surface area (Å²) >= 11 is 6.41. The Morgan fingerprint density at radius 2 is 2.00 bits per heavy atom. The van der Waals surface area contributed by atoms with Crippen LogP contribution in [0.1, 0.15) is 94.1 Å². The van der Waals surface area contributed by atoms with Crippen LogP contribution in [0, 0.1) is 23.2 Å². The molecule has 0 radical (unpaired) electrons. The van der Waals surface area contributed by atoms with E-state index in [0.717, 1.165) is 44.9 Å². The summed E-state index contributed by atoms with van der Waals surface area (Å²) in [5, 5.41) is 13.5. The molecule has 46 heavy (non-hydrogen) atoms. The first-order valence-corrected chi connectivity index (χ1v) is 18.3. The van der Waals surface area contributed by atoms with Crippen LogP contribution in [0.5, 0.6) is 5.75 Å². The Hall–Kier alpha value is -3.29. The molecule has 1 heterocycles. The van der Waals surface area contributed by atoms with Crippen molar-refractivity contribution in [2.45, 2.75) is 95.3 Å². The van der Waals surface area contributed by atoms with Gasteiger partial charge in [0.05, 0.1) is 23.6 Å². The summed E-state index contributed by atoms with van der Waals surface area (Å²) in [4.78, 5) is 27.8. The molecule has 5 rings (SSSR count). The highest BCUT2D eigenvalue weighted by atomic mass is 35.5. The highest BCUT2D eigenvalue weighted by Gasteiger charge is 2.50. The SMILES string of the molecule is CCCC[C@@](C#N)(NC(C)=O)[C@@H]1CC[C@H]1CN1C[C@@]2(CCCc3cc(Cl)ccc32)COc2ccc(C(=O)NS(=O)(=O)C(C)C)cc21. The third kappa shape index (κ3) is 6.72. The van der Waals surface area contributed by atoms with Gasteiger partial charge in [-0.1, -0.05) is 37.4 Å². The smallest absolute Gasteiger partial charge is 0.264 e. The zero-order chi connectivity index (χ0) is 33.3. The van der Waals surface area contributed by atoms with Crippen molar-refractivity contribution in [2.24, 2.45) is 11.8 Å². The lowest BCUT2D eigenvalue weighted by Gasteiger charge is -2.49. The minimum atomic E-state index is -3.83. The molecule has 2 amide bonds. The number of carbonyl (C=O) groups is 2. The van der Waals surface area contributed by atoms with Gasteiger partial charge < -0.3 is 15.0 Å². The first-order chi connectivity index (χ1) is 21.8. The first kappa shape index (κ1) is 34.1. The highest BCUT2D eigenvalue weighted by molar-refractivity contribution is 7.90. The van der Waals surface area contributed by atoms with E-state index in [9.17, 15) is 23.3 Å². The van der Waals surface area contributed by atoms with Gasteiger partial charge in [-0.3, -0.25) is 9.59 Å². The Labute approximate surface area is 278 Å². The summed E-state index contributed by atoms with van der Waals surface area (Å²) in [6.07, 6.45) is 6.89. The Bertz CT molecular complexity index is 1640. The molecule has 11 heteroatoms. The van der Waals surface area contributed by atoms with Crippen LogP contribution in [-0.2, 0) is 26.7 Å². The average Bonchev–Trinajstić information content (AvgIpc) is 3.14. The van der Waals surface area contributed by atoms with Crippen molar-refractivity contribution in [3.05, 3.63) is 58.1 Å². The van der Waals surface area contributed by atoms with Crippen molar-refractivity contribution in [1.29, 1.82) is 5.26 Å². The van der Waals surface area contributed by atoms with Gasteiger partial charge in [-0.15, -0.1) is 0 Å². The number of fused-ring (bicyclic) bond motifs is 3. The standard InChI is InChI=1S/C35H45ClN4O5S/c1-5-6-16-35(20-37,38-24(4)41)30-12-9-27(30)19-40-21-34(15-7-8-25-17-28(36)11-13-29(25)34)22-45-32-14-10-26(18-31(32)40)33(42)39-46(43,44)23(2)3/h10-11,13-14,17-18,23,27,30H,5-9,12,15-16,19,21-22H2,1-4H3,(H,38,41)(H,39,42)/t27-,30+,34-,35-/m0/s1. The zero-order valence-corrected chi connectivity index (χ0v) is 28.8. The second-order valence-electron chi connectivity index (χ2n) is 13.6. The maximum absolute atomic E-state index is 13.2. The Morgan fingerprint density at radius 1 is 1.22 bits per heavy atom. The van der Waals surface area contributed by atoms with E-state index in [-0.39, 0.29) is 28.7 Å². The van der Waals surface area contributed by atoms with Crippen molar-refractivity contribution in [3.8, 4) is 11.8 Å². The van der Waals surface area contributed by atoms with Crippen LogP contribution in [0.25, 0.3) is 0 Å². The van der Waals surface area contributed by atoms with Gasteiger partial charge in [-0.2, -0.15) is 5.26 Å². The van der Waals surface area contributed by atoms with E-state index in [4.69, 9.17) is 16.3 Å². The van der Waals surface area contributed by atoms with Gasteiger partial charge in [0.15, 0.2) is 0 Å². The molecular formula is C35H45ClN4O5S. The Kier molecular flexibility index (Phi) is 9.95. The topological polar surface area (TPSA) is 129 Å². The maximum Gasteiger partial charge on any atom is 0.264 e. The van der Waals surface area contributed by atoms with E-state index in [0.29, 0.717) is 42.6 Å². The fourth-order valence-electron chi connectivity index (χ4n) is 7.56. The molecule has 2 aliphatic carbocycles. The monoisotopic (exact) mass is 668 g/mol. The summed E-state index contributed by atoms with van der Waals surface area (Å²) < 4.78 is 33.8. The molecule has 3 aliphatic rings. The lowest BCUT2D eigenvalue weighted by atomic mass is 9.61.